The molecular weight excluding hydrogens is 389 g/mol. The lowest BCUT2D eigenvalue weighted by Gasteiger charge is -2.13. The Bertz CT molecular complexity index is 1170. The Morgan fingerprint density at radius 2 is 1.93 bits per heavy atom. The van der Waals surface area contributed by atoms with Crippen LogP contribution in [0.15, 0.2) is 51.7 Å². The molecule has 1 aromatic heterocycles. The Kier molecular flexibility index (Phi) is 6.30. The molecule has 1 amide bonds. The van der Waals surface area contributed by atoms with Crippen molar-refractivity contribution in [3.05, 3.63) is 81.0 Å². The zero-order valence-electron chi connectivity index (χ0n) is 17.0. The van der Waals surface area contributed by atoms with E-state index in [1.165, 1.54) is 24.3 Å². The molecule has 0 aliphatic heterocycles. The van der Waals surface area contributed by atoms with Crippen molar-refractivity contribution in [3.8, 4) is 0 Å². The summed E-state index contributed by atoms with van der Waals surface area (Å²) in [5, 5.41) is 3.08. The normalized spacial score (nSPS) is 11.0. The molecule has 0 bridgehead atoms. The van der Waals surface area contributed by atoms with Crippen molar-refractivity contribution < 1.29 is 23.1 Å². The lowest BCUT2D eigenvalue weighted by molar-refractivity contribution is -0.143. The molecule has 0 atom stereocenters. The Morgan fingerprint density at radius 1 is 1.17 bits per heavy atom. The summed E-state index contributed by atoms with van der Waals surface area (Å²) in [6, 6.07) is 10.2. The van der Waals surface area contributed by atoms with E-state index in [0.717, 1.165) is 17.2 Å². The highest BCUT2D eigenvalue weighted by Gasteiger charge is 2.14. The third-order valence-corrected chi connectivity index (χ3v) is 4.71. The predicted molar refractivity (Wildman–Crippen MR) is 110 cm³/mol. The number of rotatable bonds is 6. The SMILES string of the molecule is Cc1cc2oc(=O)cc(COC(=O)CNC(=O)c3cccc(F)c3)c2cc1C(C)C. The molecule has 6 nitrogen and oxygen atoms in total. The average molecular weight is 411 g/mol. The summed E-state index contributed by atoms with van der Waals surface area (Å²) >= 11 is 0. The first-order chi connectivity index (χ1) is 14.2. The monoisotopic (exact) mass is 411 g/mol. The minimum Gasteiger partial charge on any atom is -0.459 e. The largest absolute Gasteiger partial charge is 0.459 e. The number of carbonyl (C=O) groups is 2. The number of halogens is 1. The van der Waals surface area contributed by atoms with Crippen LogP contribution in [0.5, 0.6) is 0 Å². The molecule has 3 rings (SSSR count). The van der Waals surface area contributed by atoms with Gasteiger partial charge in [-0.05, 0) is 54.3 Å². The minimum absolute atomic E-state index is 0.103. The summed E-state index contributed by atoms with van der Waals surface area (Å²) < 4.78 is 23.7. The maximum atomic E-state index is 13.2. The first-order valence-electron chi connectivity index (χ1n) is 9.51. The Balaban J connectivity index is 1.70. The zero-order chi connectivity index (χ0) is 21.8. The van der Waals surface area contributed by atoms with Gasteiger partial charge in [0.25, 0.3) is 5.91 Å². The fourth-order valence-electron chi connectivity index (χ4n) is 3.23. The number of aryl methyl sites for hydroxylation is 1. The number of hydrogen-bond acceptors (Lipinski definition) is 5. The lowest BCUT2D eigenvalue weighted by Crippen LogP contribution is -2.30. The fraction of sp³-hybridized carbons (Fsp3) is 0.261. The molecular formula is C23H22FNO5. The highest BCUT2D eigenvalue weighted by atomic mass is 19.1. The maximum Gasteiger partial charge on any atom is 0.336 e. The van der Waals surface area contributed by atoms with Crippen molar-refractivity contribution in [2.45, 2.75) is 33.3 Å². The molecule has 0 radical (unpaired) electrons. The van der Waals surface area contributed by atoms with Gasteiger partial charge in [-0.3, -0.25) is 9.59 Å². The van der Waals surface area contributed by atoms with Gasteiger partial charge < -0.3 is 14.5 Å². The van der Waals surface area contributed by atoms with Gasteiger partial charge in [-0.25, -0.2) is 9.18 Å². The lowest BCUT2D eigenvalue weighted by atomic mass is 9.95. The van der Waals surface area contributed by atoms with Gasteiger partial charge >= 0.3 is 11.6 Å². The van der Waals surface area contributed by atoms with Crippen molar-refractivity contribution in [2.75, 3.05) is 6.54 Å². The quantitative estimate of drug-likeness (QED) is 0.492. The fourth-order valence-corrected chi connectivity index (χ4v) is 3.23. The molecule has 2 aromatic carbocycles. The van der Waals surface area contributed by atoms with Gasteiger partial charge in [-0.2, -0.15) is 0 Å². The van der Waals surface area contributed by atoms with Crippen LogP contribution >= 0.6 is 0 Å². The van der Waals surface area contributed by atoms with Crippen LogP contribution in [-0.4, -0.2) is 18.4 Å². The van der Waals surface area contributed by atoms with Crippen LogP contribution in [0.25, 0.3) is 11.0 Å². The predicted octanol–water partition coefficient (Wildman–Crippen LogP) is 3.84. The molecule has 0 fully saturated rings. The van der Waals surface area contributed by atoms with Gasteiger partial charge in [-0.1, -0.05) is 19.9 Å². The second-order valence-corrected chi connectivity index (χ2v) is 7.30. The van der Waals surface area contributed by atoms with Crippen LogP contribution in [0.2, 0.25) is 0 Å². The molecule has 0 aliphatic carbocycles. The van der Waals surface area contributed by atoms with E-state index in [0.29, 0.717) is 16.5 Å². The van der Waals surface area contributed by atoms with Crippen molar-refractivity contribution >= 4 is 22.8 Å². The molecule has 30 heavy (non-hydrogen) atoms. The first-order valence-corrected chi connectivity index (χ1v) is 9.51. The smallest absolute Gasteiger partial charge is 0.336 e. The van der Waals surface area contributed by atoms with Gasteiger partial charge in [0.2, 0.25) is 0 Å². The van der Waals surface area contributed by atoms with Crippen LogP contribution in [0.4, 0.5) is 4.39 Å². The Hall–Kier alpha value is -3.48. The highest BCUT2D eigenvalue weighted by molar-refractivity contribution is 5.95. The van der Waals surface area contributed by atoms with Crippen LogP contribution < -0.4 is 10.9 Å². The molecule has 0 saturated carbocycles. The average Bonchev–Trinajstić information content (AvgIpc) is 2.69. The van der Waals surface area contributed by atoms with E-state index in [9.17, 15) is 18.8 Å². The van der Waals surface area contributed by atoms with Gasteiger partial charge in [-0.15, -0.1) is 0 Å². The number of ether oxygens (including phenoxy) is 1. The molecule has 3 aromatic rings. The Labute approximate surface area is 172 Å². The number of benzene rings is 2. The van der Waals surface area contributed by atoms with Gasteiger partial charge in [0.05, 0.1) is 0 Å². The summed E-state index contributed by atoms with van der Waals surface area (Å²) in [5.74, 6) is -1.54. The molecule has 0 unspecified atom stereocenters. The maximum absolute atomic E-state index is 13.2. The standard InChI is InChI=1S/C23H22FNO5/c1-13(2)18-10-19-16(9-21(26)30-20(19)7-14(18)3)12-29-22(27)11-25-23(28)15-5-4-6-17(24)8-15/h4-10,13H,11-12H2,1-3H3,(H,25,28). The summed E-state index contributed by atoms with van der Waals surface area (Å²) in [6.45, 7) is 5.55. The zero-order valence-corrected chi connectivity index (χ0v) is 17.0. The van der Waals surface area contributed by atoms with Crippen LogP contribution in [-0.2, 0) is 16.1 Å². The number of amides is 1. The third-order valence-electron chi connectivity index (χ3n) is 4.71. The van der Waals surface area contributed by atoms with E-state index in [-0.39, 0.29) is 24.6 Å². The Morgan fingerprint density at radius 3 is 2.63 bits per heavy atom. The second-order valence-electron chi connectivity index (χ2n) is 7.30. The third kappa shape index (κ3) is 4.92. The first kappa shape index (κ1) is 21.2. The summed E-state index contributed by atoms with van der Waals surface area (Å²) in [7, 11) is 0. The minimum atomic E-state index is -0.683. The topological polar surface area (TPSA) is 85.6 Å². The molecule has 0 spiro atoms. The van der Waals surface area contributed by atoms with Gasteiger partial charge in [0, 0.05) is 22.6 Å². The molecule has 0 saturated heterocycles. The van der Waals surface area contributed by atoms with Gasteiger partial charge in [0.1, 0.15) is 24.6 Å². The molecule has 0 aliphatic rings. The summed E-state index contributed by atoms with van der Waals surface area (Å²) in [4.78, 5) is 35.9. The number of fused-ring (bicyclic) bond motifs is 1. The van der Waals surface area contributed by atoms with E-state index in [1.807, 2.05) is 13.0 Å². The second kappa shape index (κ2) is 8.90. The van der Waals surface area contributed by atoms with Crippen molar-refractivity contribution in [1.29, 1.82) is 0 Å². The van der Waals surface area contributed by atoms with E-state index in [4.69, 9.17) is 9.15 Å². The van der Waals surface area contributed by atoms with Crippen LogP contribution in [0.1, 0.15) is 46.8 Å². The molecule has 7 heteroatoms. The van der Waals surface area contributed by atoms with Crippen molar-refractivity contribution in [2.24, 2.45) is 0 Å². The van der Waals surface area contributed by atoms with E-state index >= 15 is 0 Å². The molecule has 1 N–H and O–H groups in total. The van der Waals surface area contributed by atoms with E-state index in [1.54, 1.807) is 6.07 Å². The number of carbonyl (C=O) groups excluding carboxylic acids is 2. The highest BCUT2D eigenvalue weighted by Crippen LogP contribution is 2.27. The van der Waals surface area contributed by atoms with Crippen LogP contribution in [0, 0.1) is 12.7 Å². The summed E-state index contributed by atoms with van der Waals surface area (Å²) in [6.07, 6.45) is 0. The number of hydrogen-bond donors (Lipinski definition) is 1. The van der Waals surface area contributed by atoms with E-state index in [2.05, 4.69) is 19.2 Å². The van der Waals surface area contributed by atoms with Gasteiger partial charge in [0.15, 0.2) is 0 Å². The molecule has 1 heterocycles. The van der Waals surface area contributed by atoms with E-state index < -0.39 is 23.3 Å². The van der Waals surface area contributed by atoms with Crippen LogP contribution in [0.3, 0.4) is 0 Å². The molecule has 156 valence electrons. The van der Waals surface area contributed by atoms with Crippen molar-refractivity contribution in [3.63, 3.8) is 0 Å². The number of nitrogens with one attached hydrogen (secondary N) is 1. The van der Waals surface area contributed by atoms with Crippen molar-refractivity contribution in [1.82, 2.24) is 5.32 Å². The summed E-state index contributed by atoms with van der Waals surface area (Å²) in [5.41, 5.74) is 2.62. The number of esters is 1.